The minimum absolute atomic E-state index is 0.0187. The Morgan fingerprint density at radius 3 is 2.11 bits per heavy atom. The summed E-state index contributed by atoms with van der Waals surface area (Å²) in [5.74, 6) is -1.79. The first kappa shape index (κ1) is 15.5. The zero-order valence-electron chi connectivity index (χ0n) is 10.6. The molecular formula is C13H16BrNO4. The van der Waals surface area contributed by atoms with Crippen molar-refractivity contribution in [3.05, 3.63) is 28.2 Å². The zero-order valence-corrected chi connectivity index (χ0v) is 12.2. The Hall–Kier alpha value is -1.56. The van der Waals surface area contributed by atoms with Gasteiger partial charge in [-0.05, 0) is 30.7 Å². The van der Waals surface area contributed by atoms with Crippen molar-refractivity contribution in [2.75, 3.05) is 18.0 Å². The van der Waals surface area contributed by atoms with Crippen molar-refractivity contribution in [3.8, 4) is 0 Å². The number of nitrogens with zero attached hydrogens (tertiary/aromatic N) is 1. The van der Waals surface area contributed by atoms with Crippen LogP contribution >= 0.6 is 15.9 Å². The normalized spacial score (nSPS) is 10.2. The van der Waals surface area contributed by atoms with Crippen LogP contribution in [0.3, 0.4) is 0 Å². The Kier molecular flexibility index (Phi) is 5.82. The molecule has 1 aromatic carbocycles. The van der Waals surface area contributed by atoms with Gasteiger partial charge in [0, 0.05) is 23.2 Å². The van der Waals surface area contributed by atoms with Crippen LogP contribution in [-0.4, -0.2) is 35.2 Å². The summed E-state index contributed by atoms with van der Waals surface area (Å²) >= 11 is 3.36. The van der Waals surface area contributed by atoms with Gasteiger partial charge in [0.1, 0.15) is 0 Å². The Morgan fingerprint density at radius 1 is 1.16 bits per heavy atom. The Labute approximate surface area is 120 Å². The summed E-state index contributed by atoms with van der Waals surface area (Å²) in [5, 5.41) is 17.5. The molecule has 0 aliphatic rings. The highest BCUT2D eigenvalue weighted by atomic mass is 79.9. The fourth-order valence-electron chi connectivity index (χ4n) is 1.79. The van der Waals surface area contributed by atoms with Gasteiger partial charge < -0.3 is 15.1 Å². The van der Waals surface area contributed by atoms with Gasteiger partial charge in [-0.15, -0.1) is 0 Å². The first-order chi connectivity index (χ1) is 8.90. The summed E-state index contributed by atoms with van der Waals surface area (Å²) in [6.45, 7) is 2.50. The Balaban J connectivity index is 2.86. The number of aliphatic carboxylic acids is 2. The average molecular weight is 330 g/mol. The molecule has 2 N–H and O–H groups in total. The number of rotatable bonds is 7. The van der Waals surface area contributed by atoms with Gasteiger partial charge >= 0.3 is 11.9 Å². The first-order valence-electron chi connectivity index (χ1n) is 5.85. The highest BCUT2D eigenvalue weighted by Crippen LogP contribution is 2.24. The van der Waals surface area contributed by atoms with Crippen LogP contribution in [0.4, 0.5) is 5.69 Å². The summed E-state index contributed by atoms with van der Waals surface area (Å²) in [6, 6.07) is 5.64. The molecule has 6 heteroatoms. The third-order valence-corrected chi connectivity index (χ3v) is 3.18. The van der Waals surface area contributed by atoms with E-state index >= 15 is 0 Å². The van der Waals surface area contributed by atoms with Crippen molar-refractivity contribution in [2.24, 2.45) is 0 Å². The first-order valence-corrected chi connectivity index (χ1v) is 6.64. The molecule has 0 heterocycles. The molecule has 1 rings (SSSR count). The number of hydrogen-bond acceptors (Lipinski definition) is 3. The quantitative estimate of drug-likeness (QED) is 0.803. The molecule has 0 unspecified atom stereocenters. The van der Waals surface area contributed by atoms with E-state index in [9.17, 15) is 9.59 Å². The lowest BCUT2D eigenvalue weighted by Gasteiger charge is -2.25. The molecule has 0 bridgehead atoms. The maximum Gasteiger partial charge on any atom is 0.305 e. The fourth-order valence-corrected chi connectivity index (χ4v) is 2.26. The van der Waals surface area contributed by atoms with Crippen LogP contribution in [0.2, 0.25) is 0 Å². The predicted molar refractivity (Wildman–Crippen MR) is 75.6 cm³/mol. The lowest BCUT2D eigenvalue weighted by molar-refractivity contribution is -0.137. The molecular weight excluding hydrogens is 314 g/mol. The van der Waals surface area contributed by atoms with Crippen LogP contribution in [0.25, 0.3) is 0 Å². The van der Waals surface area contributed by atoms with Gasteiger partial charge in [-0.1, -0.05) is 15.9 Å². The second kappa shape index (κ2) is 7.13. The summed E-state index contributed by atoms with van der Waals surface area (Å²) in [4.78, 5) is 23.1. The Bertz CT molecular complexity index is 458. The van der Waals surface area contributed by atoms with Crippen molar-refractivity contribution < 1.29 is 19.8 Å². The van der Waals surface area contributed by atoms with Crippen molar-refractivity contribution in [1.82, 2.24) is 0 Å². The smallest absolute Gasteiger partial charge is 0.305 e. The number of anilines is 1. The maximum atomic E-state index is 10.7. The lowest BCUT2D eigenvalue weighted by Crippen LogP contribution is -2.29. The lowest BCUT2D eigenvalue weighted by atomic mass is 10.1. The highest BCUT2D eigenvalue weighted by Gasteiger charge is 2.12. The SMILES string of the molecule is Cc1cc(Br)ccc1N(CCC(=O)O)CCC(=O)O. The van der Waals surface area contributed by atoms with E-state index in [1.807, 2.05) is 25.1 Å². The van der Waals surface area contributed by atoms with Gasteiger partial charge in [-0.25, -0.2) is 0 Å². The van der Waals surface area contributed by atoms with E-state index in [0.29, 0.717) is 13.1 Å². The van der Waals surface area contributed by atoms with Crippen LogP contribution in [0.1, 0.15) is 18.4 Å². The molecule has 0 aliphatic carbocycles. The van der Waals surface area contributed by atoms with E-state index in [0.717, 1.165) is 15.7 Å². The van der Waals surface area contributed by atoms with Crippen LogP contribution in [0, 0.1) is 6.92 Å². The maximum absolute atomic E-state index is 10.7. The monoisotopic (exact) mass is 329 g/mol. The molecule has 0 aromatic heterocycles. The van der Waals surface area contributed by atoms with Gasteiger partial charge in [0.2, 0.25) is 0 Å². The number of hydrogen-bond donors (Lipinski definition) is 2. The molecule has 0 fully saturated rings. The number of halogens is 1. The second-order valence-electron chi connectivity index (χ2n) is 4.21. The zero-order chi connectivity index (χ0) is 14.4. The van der Waals surface area contributed by atoms with E-state index in [4.69, 9.17) is 10.2 Å². The minimum Gasteiger partial charge on any atom is -0.481 e. The summed E-state index contributed by atoms with van der Waals surface area (Å²) < 4.78 is 0.935. The second-order valence-corrected chi connectivity index (χ2v) is 5.12. The van der Waals surface area contributed by atoms with E-state index in [1.165, 1.54) is 0 Å². The molecule has 0 atom stereocenters. The van der Waals surface area contributed by atoms with E-state index < -0.39 is 11.9 Å². The third-order valence-electron chi connectivity index (χ3n) is 2.69. The van der Waals surface area contributed by atoms with Crippen molar-refractivity contribution in [2.45, 2.75) is 19.8 Å². The van der Waals surface area contributed by atoms with Crippen LogP contribution < -0.4 is 4.90 Å². The molecule has 0 saturated carbocycles. The molecule has 5 nitrogen and oxygen atoms in total. The van der Waals surface area contributed by atoms with Crippen molar-refractivity contribution in [3.63, 3.8) is 0 Å². The number of carbonyl (C=O) groups is 2. The Morgan fingerprint density at radius 2 is 1.68 bits per heavy atom. The minimum atomic E-state index is -0.893. The van der Waals surface area contributed by atoms with Gasteiger partial charge in [0.25, 0.3) is 0 Å². The third kappa shape index (κ3) is 5.30. The molecule has 0 radical (unpaired) electrons. The number of benzene rings is 1. The molecule has 104 valence electrons. The predicted octanol–water partition coefficient (Wildman–Crippen LogP) is 2.51. The molecule has 0 amide bonds. The van der Waals surface area contributed by atoms with Gasteiger partial charge in [-0.2, -0.15) is 0 Å². The summed E-state index contributed by atoms with van der Waals surface area (Å²) in [7, 11) is 0. The van der Waals surface area contributed by atoms with Crippen LogP contribution in [-0.2, 0) is 9.59 Å². The largest absolute Gasteiger partial charge is 0.481 e. The van der Waals surface area contributed by atoms with E-state index in [2.05, 4.69) is 15.9 Å². The van der Waals surface area contributed by atoms with Gasteiger partial charge in [-0.3, -0.25) is 9.59 Å². The number of carboxylic acids is 2. The number of carboxylic acid groups (broad SMARTS) is 2. The molecule has 1 aromatic rings. The van der Waals surface area contributed by atoms with E-state index in [1.54, 1.807) is 4.90 Å². The fraction of sp³-hybridized carbons (Fsp3) is 0.385. The topological polar surface area (TPSA) is 77.8 Å². The standard InChI is InChI=1S/C13H16BrNO4/c1-9-8-10(14)2-3-11(9)15(6-4-12(16)17)7-5-13(18)19/h2-3,8H,4-7H2,1H3,(H,16,17)(H,18,19). The highest BCUT2D eigenvalue weighted by molar-refractivity contribution is 9.10. The van der Waals surface area contributed by atoms with Gasteiger partial charge in [0.15, 0.2) is 0 Å². The van der Waals surface area contributed by atoms with Crippen LogP contribution in [0.5, 0.6) is 0 Å². The summed E-state index contributed by atoms with van der Waals surface area (Å²) in [6.07, 6.45) is -0.0375. The van der Waals surface area contributed by atoms with Crippen molar-refractivity contribution in [1.29, 1.82) is 0 Å². The van der Waals surface area contributed by atoms with E-state index in [-0.39, 0.29) is 12.8 Å². The van der Waals surface area contributed by atoms with Crippen molar-refractivity contribution >= 4 is 33.6 Å². The molecule has 0 saturated heterocycles. The summed E-state index contributed by atoms with van der Waals surface area (Å²) in [5.41, 5.74) is 1.84. The van der Waals surface area contributed by atoms with Crippen LogP contribution in [0.15, 0.2) is 22.7 Å². The molecule has 0 aliphatic heterocycles. The molecule has 19 heavy (non-hydrogen) atoms. The average Bonchev–Trinajstić information content (AvgIpc) is 2.30. The molecule has 0 spiro atoms. The van der Waals surface area contributed by atoms with Gasteiger partial charge in [0.05, 0.1) is 12.8 Å². The number of aryl methyl sites for hydroxylation is 1.